The number of carboxylic acids is 1. The van der Waals surface area contributed by atoms with Gasteiger partial charge in [-0.15, -0.1) is 0 Å². The minimum atomic E-state index is -4.23. The highest BCUT2D eigenvalue weighted by molar-refractivity contribution is 7.92. The van der Waals surface area contributed by atoms with Crippen molar-refractivity contribution in [2.75, 3.05) is 18.1 Å². The normalized spacial score (nSPS) is 21.1. The number of benzene rings is 1. The van der Waals surface area contributed by atoms with Gasteiger partial charge in [0.05, 0.1) is 16.4 Å². The van der Waals surface area contributed by atoms with Crippen molar-refractivity contribution in [3.63, 3.8) is 0 Å². The molecule has 122 valence electrons. The number of sulfonamides is 1. The van der Waals surface area contributed by atoms with E-state index in [1.54, 1.807) is 0 Å². The fraction of sp³-hybridized carbons (Fsp3) is 0.417. The van der Waals surface area contributed by atoms with Gasteiger partial charge in [0.2, 0.25) is 10.0 Å². The molecule has 0 amide bonds. The summed E-state index contributed by atoms with van der Waals surface area (Å²) in [5.74, 6) is -2.63. The lowest BCUT2D eigenvalue weighted by molar-refractivity contribution is -0.137. The molecule has 0 bridgehead atoms. The molecule has 22 heavy (non-hydrogen) atoms. The molecule has 2 rings (SSSR count). The topological polar surface area (TPSA) is 109 Å². The average Bonchev–Trinajstić information content (AvgIpc) is 2.76. The first-order chi connectivity index (χ1) is 10.1. The van der Waals surface area contributed by atoms with E-state index in [1.165, 1.54) is 0 Å². The van der Waals surface area contributed by atoms with Crippen LogP contribution >= 0.6 is 0 Å². The number of carboxylic acid groups (broad SMARTS) is 1. The molecule has 1 aliphatic heterocycles. The van der Waals surface area contributed by atoms with Crippen molar-refractivity contribution in [2.45, 2.75) is 17.4 Å². The highest BCUT2D eigenvalue weighted by Crippen LogP contribution is 2.25. The third kappa shape index (κ3) is 3.62. The quantitative estimate of drug-likeness (QED) is 0.805. The Hall–Kier alpha value is -1.52. The average molecular weight is 351 g/mol. The number of rotatable bonds is 5. The number of halogens is 1. The molecule has 1 aromatic rings. The molecule has 1 aromatic carbocycles. The van der Waals surface area contributed by atoms with Crippen LogP contribution in [0.3, 0.4) is 0 Å². The monoisotopic (exact) mass is 351 g/mol. The molecule has 0 aliphatic carbocycles. The van der Waals surface area contributed by atoms with Crippen LogP contribution in [0.5, 0.6) is 0 Å². The standard InChI is InChI=1S/C12H14FNO6S2/c13-9-1-3-11(4-2-9)22(19,20)14(7-12(15)16)10-5-6-21(17,18)8-10/h1-4,10H,5-8H2,(H,15,16)/t10-/m1/s1. The lowest BCUT2D eigenvalue weighted by atomic mass is 10.2. The molecular formula is C12H14FNO6S2. The number of aliphatic carboxylic acids is 1. The molecule has 1 aliphatic rings. The van der Waals surface area contributed by atoms with Crippen LogP contribution in [0, 0.1) is 5.82 Å². The molecule has 0 spiro atoms. The van der Waals surface area contributed by atoms with Gasteiger partial charge in [-0.3, -0.25) is 4.79 Å². The summed E-state index contributed by atoms with van der Waals surface area (Å²) >= 11 is 0. The lowest BCUT2D eigenvalue weighted by Crippen LogP contribution is -2.44. The fourth-order valence-electron chi connectivity index (χ4n) is 2.29. The van der Waals surface area contributed by atoms with Gasteiger partial charge in [0.25, 0.3) is 0 Å². The SMILES string of the molecule is O=C(O)CN([C@@H]1CCS(=O)(=O)C1)S(=O)(=O)c1ccc(F)cc1. The van der Waals surface area contributed by atoms with E-state index in [2.05, 4.69) is 0 Å². The van der Waals surface area contributed by atoms with E-state index in [0.29, 0.717) is 4.31 Å². The zero-order chi connectivity index (χ0) is 16.5. The third-order valence-electron chi connectivity index (χ3n) is 3.33. The van der Waals surface area contributed by atoms with E-state index in [4.69, 9.17) is 5.11 Å². The van der Waals surface area contributed by atoms with Crippen LogP contribution in [-0.4, -0.2) is 56.3 Å². The predicted molar refractivity (Wildman–Crippen MR) is 75.0 cm³/mol. The Kier molecular flexibility index (Phi) is 4.54. The largest absolute Gasteiger partial charge is 0.480 e. The van der Waals surface area contributed by atoms with Gasteiger partial charge in [-0.1, -0.05) is 0 Å². The molecule has 10 heteroatoms. The fourth-order valence-corrected chi connectivity index (χ4v) is 5.72. The Morgan fingerprint density at radius 2 is 1.91 bits per heavy atom. The van der Waals surface area contributed by atoms with Crippen LogP contribution in [0.25, 0.3) is 0 Å². The van der Waals surface area contributed by atoms with E-state index >= 15 is 0 Å². The van der Waals surface area contributed by atoms with Crippen molar-refractivity contribution in [3.05, 3.63) is 30.1 Å². The maximum absolute atomic E-state index is 12.9. The van der Waals surface area contributed by atoms with Gasteiger partial charge in [-0.25, -0.2) is 21.2 Å². The minimum absolute atomic E-state index is 0.0377. The van der Waals surface area contributed by atoms with Gasteiger partial charge in [0.15, 0.2) is 9.84 Å². The van der Waals surface area contributed by atoms with Gasteiger partial charge in [0.1, 0.15) is 12.4 Å². The zero-order valence-electron chi connectivity index (χ0n) is 11.3. The van der Waals surface area contributed by atoms with Crippen molar-refractivity contribution < 1.29 is 31.1 Å². The van der Waals surface area contributed by atoms with Crippen LogP contribution in [0.15, 0.2) is 29.2 Å². The van der Waals surface area contributed by atoms with Gasteiger partial charge < -0.3 is 5.11 Å². The molecule has 1 atom stereocenters. The van der Waals surface area contributed by atoms with Crippen LogP contribution in [0.4, 0.5) is 4.39 Å². The molecular weight excluding hydrogens is 337 g/mol. The smallest absolute Gasteiger partial charge is 0.318 e. The van der Waals surface area contributed by atoms with E-state index in [9.17, 15) is 26.0 Å². The second kappa shape index (κ2) is 5.94. The summed E-state index contributed by atoms with van der Waals surface area (Å²) in [5, 5.41) is 8.91. The summed E-state index contributed by atoms with van der Waals surface area (Å²) in [5.41, 5.74) is 0. The summed E-state index contributed by atoms with van der Waals surface area (Å²) in [6.45, 7) is -0.847. The maximum Gasteiger partial charge on any atom is 0.318 e. The van der Waals surface area contributed by atoms with E-state index < -0.39 is 50.0 Å². The summed E-state index contributed by atoms with van der Waals surface area (Å²) in [4.78, 5) is 10.7. The lowest BCUT2D eigenvalue weighted by Gasteiger charge is -2.25. The third-order valence-corrected chi connectivity index (χ3v) is 6.99. The van der Waals surface area contributed by atoms with Crippen LogP contribution in [0.1, 0.15) is 6.42 Å². The summed E-state index contributed by atoms with van der Waals surface area (Å²) in [6, 6.07) is 2.98. The van der Waals surface area contributed by atoms with Crippen molar-refractivity contribution in [2.24, 2.45) is 0 Å². The maximum atomic E-state index is 12.9. The number of hydrogen-bond donors (Lipinski definition) is 1. The first kappa shape index (κ1) is 16.8. The summed E-state index contributed by atoms with van der Waals surface area (Å²) in [6.07, 6.45) is 0.0377. The van der Waals surface area contributed by atoms with Crippen molar-refractivity contribution in [3.8, 4) is 0 Å². The molecule has 0 aromatic heterocycles. The van der Waals surface area contributed by atoms with Crippen LogP contribution in [0.2, 0.25) is 0 Å². The number of sulfone groups is 1. The first-order valence-corrected chi connectivity index (χ1v) is 9.57. The summed E-state index contributed by atoms with van der Waals surface area (Å²) in [7, 11) is -7.61. The Bertz CT molecular complexity index is 772. The number of nitrogens with zero attached hydrogens (tertiary/aromatic N) is 1. The summed E-state index contributed by atoms with van der Waals surface area (Å²) < 4.78 is 61.7. The molecule has 0 radical (unpaired) electrons. The Balaban J connectivity index is 2.40. The molecule has 0 saturated carbocycles. The second-order valence-electron chi connectivity index (χ2n) is 4.95. The molecule has 1 heterocycles. The molecule has 1 fully saturated rings. The van der Waals surface area contributed by atoms with E-state index in [1.807, 2.05) is 0 Å². The Labute approximate surface area is 127 Å². The molecule has 7 nitrogen and oxygen atoms in total. The van der Waals surface area contributed by atoms with Crippen molar-refractivity contribution in [1.29, 1.82) is 0 Å². The van der Waals surface area contributed by atoms with Crippen molar-refractivity contribution >= 4 is 25.8 Å². The Morgan fingerprint density at radius 3 is 2.36 bits per heavy atom. The predicted octanol–water partition coefficient (Wildman–Crippen LogP) is 0.0881. The van der Waals surface area contributed by atoms with Crippen LogP contribution < -0.4 is 0 Å². The first-order valence-electron chi connectivity index (χ1n) is 6.31. The molecule has 1 N–H and O–H groups in total. The van der Waals surface area contributed by atoms with Gasteiger partial charge in [-0.2, -0.15) is 4.31 Å². The molecule has 1 saturated heterocycles. The van der Waals surface area contributed by atoms with Gasteiger partial charge >= 0.3 is 5.97 Å². The van der Waals surface area contributed by atoms with E-state index in [0.717, 1.165) is 24.3 Å². The molecule has 0 unspecified atom stereocenters. The van der Waals surface area contributed by atoms with Gasteiger partial charge in [0, 0.05) is 6.04 Å². The second-order valence-corrected chi connectivity index (χ2v) is 9.07. The highest BCUT2D eigenvalue weighted by Gasteiger charge is 2.39. The zero-order valence-corrected chi connectivity index (χ0v) is 13.0. The number of hydrogen-bond acceptors (Lipinski definition) is 5. The van der Waals surface area contributed by atoms with Crippen LogP contribution in [-0.2, 0) is 24.7 Å². The van der Waals surface area contributed by atoms with Crippen molar-refractivity contribution in [1.82, 2.24) is 4.31 Å². The number of carbonyl (C=O) groups is 1. The minimum Gasteiger partial charge on any atom is -0.480 e. The highest BCUT2D eigenvalue weighted by atomic mass is 32.2. The Morgan fingerprint density at radius 1 is 1.32 bits per heavy atom. The van der Waals surface area contributed by atoms with E-state index in [-0.39, 0.29) is 17.1 Å². The van der Waals surface area contributed by atoms with Gasteiger partial charge in [-0.05, 0) is 30.7 Å².